The molecule has 2 aromatic rings. The molecule has 0 spiro atoms. The molecule has 20 heavy (non-hydrogen) atoms. The molecule has 106 valence electrons. The van der Waals surface area contributed by atoms with Crippen molar-refractivity contribution in [1.29, 1.82) is 0 Å². The van der Waals surface area contributed by atoms with Gasteiger partial charge in [0.05, 0.1) is 6.61 Å². The average Bonchev–Trinajstić information content (AvgIpc) is 2.81. The highest BCUT2D eigenvalue weighted by Crippen LogP contribution is 2.35. The molecule has 5 heteroatoms. The Kier molecular flexibility index (Phi) is 4.68. The van der Waals surface area contributed by atoms with Crippen molar-refractivity contribution in [2.45, 2.75) is 20.3 Å². The van der Waals surface area contributed by atoms with Gasteiger partial charge < -0.3 is 10.5 Å². The maximum atomic E-state index is 12.0. The second-order valence-electron chi connectivity index (χ2n) is 4.27. The van der Waals surface area contributed by atoms with Gasteiger partial charge in [0.2, 0.25) is 0 Å². The van der Waals surface area contributed by atoms with Crippen molar-refractivity contribution in [3.05, 3.63) is 39.7 Å². The van der Waals surface area contributed by atoms with Gasteiger partial charge in [-0.15, -0.1) is 11.3 Å². The summed E-state index contributed by atoms with van der Waals surface area (Å²) in [5.41, 5.74) is 9.13. The number of nitrogen functional groups attached to an aromatic ring is 1. The highest BCUT2D eigenvalue weighted by atomic mass is 35.5. The largest absolute Gasteiger partial charge is 0.462 e. The Morgan fingerprint density at radius 2 is 2.15 bits per heavy atom. The highest BCUT2D eigenvalue weighted by molar-refractivity contribution is 7.14. The normalized spacial score (nSPS) is 10.6. The number of nitrogens with two attached hydrogens (primary N) is 1. The summed E-state index contributed by atoms with van der Waals surface area (Å²) in [6.45, 7) is 4.14. The van der Waals surface area contributed by atoms with E-state index in [0.717, 1.165) is 28.1 Å². The Bertz CT molecular complexity index is 637. The predicted molar refractivity (Wildman–Crippen MR) is 84.5 cm³/mol. The van der Waals surface area contributed by atoms with Crippen LogP contribution in [-0.2, 0) is 11.2 Å². The van der Waals surface area contributed by atoms with Gasteiger partial charge in [-0.25, -0.2) is 4.79 Å². The van der Waals surface area contributed by atoms with Gasteiger partial charge in [-0.05, 0) is 36.6 Å². The molecule has 0 aliphatic carbocycles. The maximum absolute atomic E-state index is 12.0. The fraction of sp³-hybridized carbons (Fsp3) is 0.267. The zero-order chi connectivity index (χ0) is 14.7. The van der Waals surface area contributed by atoms with Crippen molar-refractivity contribution in [3.63, 3.8) is 0 Å². The van der Waals surface area contributed by atoms with E-state index in [0.29, 0.717) is 17.2 Å². The Morgan fingerprint density at radius 3 is 2.80 bits per heavy atom. The lowest BCUT2D eigenvalue weighted by atomic mass is 10.0. The van der Waals surface area contributed by atoms with E-state index in [1.165, 1.54) is 11.3 Å². The molecular formula is C15H16ClNO2S. The number of carbonyl (C=O) groups excluding carboxylic acids is 1. The van der Waals surface area contributed by atoms with Crippen molar-refractivity contribution >= 4 is 33.9 Å². The van der Waals surface area contributed by atoms with Crippen LogP contribution in [0.5, 0.6) is 0 Å². The number of ether oxygens (including phenoxy) is 1. The number of aryl methyl sites for hydroxylation is 1. The minimum atomic E-state index is -0.380. The summed E-state index contributed by atoms with van der Waals surface area (Å²) >= 11 is 7.47. The first-order valence-corrected chi connectivity index (χ1v) is 7.67. The molecule has 0 aliphatic rings. The lowest BCUT2D eigenvalue weighted by Crippen LogP contribution is -2.07. The van der Waals surface area contributed by atoms with Crippen molar-refractivity contribution in [2.75, 3.05) is 12.3 Å². The van der Waals surface area contributed by atoms with Crippen molar-refractivity contribution in [3.8, 4) is 11.1 Å². The van der Waals surface area contributed by atoms with Gasteiger partial charge in [0, 0.05) is 16.0 Å². The zero-order valence-corrected chi connectivity index (χ0v) is 13.0. The third kappa shape index (κ3) is 2.81. The number of hydrogen-bond acceptors (Lipinski definition) is 4. The number of carbonyl (C=O) groups is 1. The van der Waals surface area contributed by atoms with Gasteiger partial charge in [-0.1, -0.05) is 24.6 Å². The van der Waals surface area contributed by atoms with E-state index in [9.17, 15) is 4.79 Å². The Morgan fingerprint density at radius 1 is 1.40 bits per heavy atom. The average molecular weight is 310 g/mol. The van der Waals surface area contributed by atoms with E-state index in [-0.39, 0.29) is 5.97 Å². The first-order valence-electron chi connectivity index (χ1n) is 6.41. The topological polar surface area (TPSA) is 52.3 Å². The molecule has 0 unspecified atom stereocenters. The van der Waals surface area contributed by atoms with Gasteiger partial charge in [0.1, 0.15) is 10.6 Å². The predicted octanol–water partition coefficient (Wildman–Crippen LogP) is 4.39. The summed E-state index contributed by atoms with van der Waals surface area (Å²) in [6, 6.07) is 5.73. The molecule has 0 atom stereocenters. The quantitative estimate of drug-likeness (QED) is 0.852. The highest BCUT2D eigenvalue weighted by Gasteiger charge is 2.20. The lowest BCUT2D eigenvalue weighted by molar-refractivity contribution is 0.0529. The summed E-state index contributed by atoms with van der Waals surface area (Å²) < 4.78 is 5.07. The molecule has 1 aromatic carbocycles. The summed E-state index contributed by atoms with van der Waals surface area (Å²) in [4.78, 5) is 12.0. The number of benzene rings is 1. The first kappa shape index (κ1) is 14.9. The van der Waals surface area contributed by atoms with Crippen LogP contribution in [0, 0.1) is 0 Å². The van der Waals surface area contributed by atoms with E-state index >= 15 is 0 Å². The summed E-state index contributed by atoms with van der Waals surface area (Å²) in [5.74, 6) is -0.380. The van der Waals surface area contributed by atoms with Crippen LogP contribution in [0.2, 0.25) is 5.02 Å². The van der Waals surface area contributed by atoms with Gasteiger partial charge in [-0.3, -0.25) is 0 Å². The number of anilines is 1. The summed E-state index contributed by atoms with van der Waals surface area (Å²) in [7, 11) is 0. The molecule has 1 heterocycles. The fourth-order valence-electron chi connectivity index (χ4n) is 2.01. The smallest absolute Gasteiger partial charge is 0.341 e. The molecule has 0 saturated carbocycles. The summed E-state index contributed by atoms with van der Waals surface area (Å²) in [6.07, 6.45) is 0.834. The second kappa shape index (κ2) is 6.29. The minimum absolute atomic E-state index is 0.328. The van der Waals surface area contributed by atoms with Crippen LogP contribution in [0.15, 0.2) is 23.6 Å². The van der Waals surface area contributed by atoms with Crippen molar-refractivity contribution in [2.24, 2.45) is 0 Å². The third-order valence-electron chi connectivity index (χ3n) is 3.04. The molecule has 0 radical (unpaired) electrons. The number of thiophene rings is 1. The van der Waals surface area contributed by atoms with Crippen LogP contribution < -0.4 is 5.73 Å². The van der Waals surface area contributed by atoms with E-state index in [2.05, 4.69) is 0 Å². The second-order valence-corrected chi connectivity index (χ2v) is 5.59. The molecule has 0 aliphatic heterocycles. The molecule has 3 nitrogen and oxygen atoms in total. The Labute approximate surface area is 127 Å². The standard InChI is InChI=1S/C15H16ClNO2S/c1-3-9-7-10(5-6-12(9)16)11-8-20-14(17)13(11)15(18)19-4-2/h5-8H,3-4,17H2,1-2H3. The molecule has 0 fully saturated rings. The third-order valence-corrected chi connectivity index (χ3v) is 4.22. The number of esters is 1. The van der Waals surface area contributed by atoms with E-state index < -0.39 is 0 Å². The molecule has 0 amide bonds. The first-order chi connectivity index (χ1) is 9.58. The number of rotatable bonds is 4. The van der Waals surface area contributed by atoms with Crippen molar-refractivity contribution in [1.82, 2.24) is 0 Å². The molecular weight excluding hydrogens is 294 g/mol. The minimum Gasteiger partial charge on any atom is -0.462 e. The molecule has 2 N–H and O–H groups in total. The van der Waals surface area contributed by atoms with E-state index in [4.69, 9.17) is 22.1 Å². The van der Waals surface area contributed by atoms with Crippen LogP contribution in [0.25, 0.3) is 11.1 Å². The van der Waals surface area contributed by atoms with Gasteiger partial charge in [-0.2, -0.15) is 0 Å². The maximum Gasteiger partial charge on any atom is 0.341 e. The number of halogens is 1. The van der Waals surface area contributed by atoms with E-state index in [1.54, 1.807) is 6.92 Å². The van der Waals surface area contributed by atoms with Crippen LogP contribution in [0.1, 0.15) is 29.8 Å². The van der Waals surface area contributed by atoms with Crippen molar-refractivity contribution < 1.29 is 9.53 Å². The van der Waals surface area contributed by atoms with E-state index in [1.807, 2.05) is 30.5 Å². The monoisotopic (exact) mass is 309 g/mol. The van der Waals surface area contributed by atoms with Crippen LogP contribution in [0.4, 0.5) is 5.00 Å². The molecule has 0 saturated heterocycles. The Hall–Kier alpha value is -1.52. The molecule has 0 bridgehead atoms. The van der Waals surface area contributed by atoms with Crippen LogP contribution >= 0.6 is 22.9 Å². The van der Waals surface area contributed by atoms with Gasteiger partial charge in [0.25, 0.3) is 0 Å². The fourth-order valence-corrected chi connectivity index (χ4v) is 3.07. The zero-order valence-electron chi connectivity index (χ0n) is 11.4. The molecule has 2 rings (SSSR count). The van der Waals surface area contributed by atoms with Gasteiger partial charge >= 0.3 is 5.97 Å². The van der Waals surface area contributed by atoms with Crippen LogP contribution in [-0.4, -0.2) is 12.6 Å². The number of hydrogen-bond donors (Lipinski definition) is 1. The Balaban J connectivity index is 2.51. The summed E-state index contributed by atoms with van der Waals surface area (Å²) in [5, 5.41) is 3.09. The molecule has 1 aromatic heterocycles. The van der Waals surface area contributed by atoms with Crippen LogP contribution in [0.3, 0.4) is 0 Å². The SMILES string of the molecule is CCOC(=O)c1c(-c2ccc(Cl)c(CC)c2)csc1N. The van der Waals surface area contributed by atoms with Gasteiger partial charge in [0.15, 0.2) is 0 Å². The lowest BCUT2D eigenvalue weighted by Gasteiger charge is -2.08.